The van der Waals surface area contributed by atoms with Gasteiger partial charge in [-0.25, -0.2) is 4.99 Å². The van der Waals surface area contributed by atoms with E-state index in [-0.39, 0.29) is 5.69 Å². The van der Waals surface area contributed by atoms with Crippen molar-refractivity contribution in [2.45, 2.75) is 30.7 Å². The Kier molecular flexibility index (Phi) is 4.49. The Morgan fingerprint density at radius 3 is 2.50 bits per heavy atom. The smallest absolute Gasteiger partial charge is 0.416 e. The number of rotatable bonds is 3. The molecule has 4 nitrogen and oxygen atoms in total. The van der Waals surface area contributed by atoms with E-state index in [1.54, 1.807) is 0 Å². The van der Waals surface area contributed by atoms with Crippen molar-refractivity contribution >= 4 is 33.4 Å². The summed E-state index contributed by atoms with van der Waals surface area (Å²) < 4.78 is 45.8. The summed E-state index contributed by atoms with van der Waals surface area (Å²) in [5.41, 5.74) is -0.497. The van der Waals surface area contributed by atoms with Crippen LogP contribution in [-0.4, -0.2) is 30.5 Å². The zero-order chi connectivity index (χ0) is 20.1. The number of alkyl halides is 3. The Labute approximate surface area is 168 Å². The number of anilines is 1. The van der Waals surface area contributed by atoms with Crippen LogP contribution in [-0.2, 0) is 15.7 Å². The Bertz CT molecular complexity index is 953. The highest BCUT2D eigenvalue weighted by molar-refractivity contribution is 9.10. The SMILES string of the molecule is CN(C(=O)C1OC(c2ccc(Br)cc2)=NC12CC2)c1cccc(C(F)(F)F)c1. The van der Waals surface area contributed by atoms with Crippen molar-refractivity contribution in [2.24, 2.45) is 4.99 Å². The zero-order valence-corrected chi connectivity index (χ0v) is 16.4. The Morgan fingerprint density at radius 2 is 1.89 bits per heavy atom. The Balaban J connectivity index is 1.57. The van der Waals surface area contributed by atoms with Gasteiger partial charge in [-0.1, -0.05) is 22.0 Å². The van der Waals surface area contributed by atoms with Gasteiger partial charge in [-0.3, -0.25) is 4.79 Å². The first-order valence-corrected chi connectivity index (χ1v) is 9.46. The highest BCUT2D eigenvalue weighted by Crippen LogP contribution is 2.49. The van der Waals surface area contributed by atoms with Gasteiger partial charge in [0.25, 0.3) is 5.91 Å². The standard InChI is InChI=1S/C20H16BrF3N2O2/c1-26(15-4-2-3-13(11-15)20(22,23)24)18(27)16-19(9-10-19)25-17(28-16)12-5-7-14(21)8-6-12/h2-8,11,16H,9-10H2,1H3. The van der Waals surface area contributed by atoms with Crippen LogP contribution in [0.3, 0.4) is 0 Å². The number of carbonyl (C=O) groups is 1. The molecular formula is C20H16BrF3N2O2. The first-order chi connectivity index (χ1) is 13.2. The number of hydrogen-bond donors (Lipinski definition) is 0. The maximum Gasteiger partial charge on any atom is 0.416 e. The van der Waals surface area contributed by atoms with Gasteiger partial charge < -0.3 is 9.64 Å². The molecule has 0 N–H and O–H groups in total. The molecule has 146 valence electrons. The number of nitrogens with zero attached hydrogens (tertiary/aromatic N) is 2. The number of hydrogen-bond acceptors (Lipinski definition) is 3. The van der Waals surface area contributed by atoms with Gasteiger partial charge in [-0.05, 0) is 55.3 Å². The first kappa shape index (κ1) is 19.0. The quantitative estimate of drug-likeness (QED) is 0.670. The van der Waals surface area contributed by atoms with Gasteiger partial charge in [0.05, 0.1) is 5.56 Å². The van der Waals surface area contributed by atoms with Gasteiger partial charge in [0.1, 0.15) is 5.54 Å². The second-order valence-electron chi connectivity index (χ2n) is 6.97. The van der Waals surface area contributed by atoms with Crippen molar-refractivity contribution in [3.8, 4) is 0 Å². The summed E-state index contributed by atoms with van der Waals surface area (Å²) in [5.74, 6) is -0.0199. The van der Waals surface area contributed by atoms with Crippen LogP contribution in [0.15, 0.2) is 58.0 Å². The molecule has 1 aliphatic heterocycles. The average Bonchev–Trinajstić information content (AvgIpc) is 3.33. The maximum atomic E-state index is 13.0. The molecule has 4 rings (SSSR count). The molecular weight excluding hydrogens is 437 g/mol. The predicted octanol–water partition coefficient (Wildman–Crippen LogP) is 4.81. The van der Waals surface area contributed by atoms with Gasteiger partial charge in [0.15, 0.2) is 0 Å². The van der Waals surface area contributed by atoms with Crippen molar-refractivity contribution in [1.82, 2.24) is 0 Å². The van der Waals surface area contributed by atoms with E-state index in [0.29, 0.717) is 18.7 Å². The molecule has 1 spiro atoms. The summed E-state index contributed by atoms with van der Waals surface area (Å²) in [5, 5.41) is 0. The monoisotopic (exact) mass is 452 g/mol. The van der Waals surface area contributed by atoms with Crippen LogP contribution < -0.4 is 4.90 Å². The molecule has 1 fully saturated rings. The summed E-state index contributed by atoms with van der Waals surface area (Å²) in [4.78, 5) is 18.9. The molecule has 8 heteroatoms. The lowest BCUT2D eigenvalue weighted by atomic mass is 10.1. The summed E-state index contributed by atoms with van der Waals surface area (Å²) in [6.45, 7) is 0. The fourth-order valence-corrected chi connectivity index (χ4v) is 3.47. The third-order valence-electron chi connectivity index (χ3n) is 5.01. The molecule has 28 heavy (non-hydrogen) atoms. The number of carbonyl (C=O) groups excluding carboxylic acids is 1. The first-order valence-electron chi connectivity index (χ1n) is 8.67. The molecule has 2 aromatic rings. The molecule has 1 unspecified atom stereocenters. The molecule has 1 amide bonds. The topological polar surface area (TPSA) is 41.9 Å². The number of halogens is 4. The maximum absolute atomic E-state index is 13.0. The summed E-state index contributed by atoms with van der Waals surface area (Å²) in [6, 6.07) is 12.1. The van der Waals surface area contributed by atoms with Crippen LogP contribution in [0.1, 0.15) is 24.0 Å². The van der Waals surface area contributed by atoms with E-state index in [1.807, 2.05) is 24.3 Å². The number of aliphatic imine (C=N–C) groups is 1. The van der Waals surface area contributed by atoms with Crippen molar-refractivity contribution < 1.29 is 22.7 Å². The number of benzene rings is 2. The van der Waals surface area contributed by atoms with Gasteiger partial charge in [0, 0.05) is 22.8 Å². The third kappa shape index (κ3) is 3.41. The minimum absolute atomic E-state index is 0.163. The van der Waals surface area contributed by atoms with Gasteiger partial charge in [-0.2, -0.15) is 13.2 Å². The van der Waals surface area contributed by atoms with Crippen LogP contribution in [0.25, 0.3) is 0 Å². The minimum Gasteiger partial charge on any atom is -0.461 e. The average molecular weight is 453 g/mol. The molecule has 0 bridgehead atoms. The van der Waals surface area contributed by atoms with Gasteiger partial charge >= 0.3 is 6.18 Å². The molecule has 0 saturated heterocycles. The van der Waals surface area contributed by atoms with Gasteiger partial charge in [-0.15, -0.1) is 0 Å². The summed E-state index contributed by atoms with van der Waals surface area (Å²) in [7, 11) is 1.45. The molecule has 0 radical (unpaired) electrons. The van der Waals surface area contributed by atoms with Crippen LogP contribution in [0.4, 0.5) is 18.9 Å². The Morgan fingerprint density at radius 1 is 1.21 bits per heavy atom. The number of amides is 1. The van der Waals surface area contributed by atoms with E-state index in [9.17, 15) is 18.0 Å². The lowest BCUT2D eigenvalue weighted by Crippen LogP contribution is -2.43. The minimum atomic E-state index is -4.47. The summed E-state index contributed by atoms with van der Waals surface area (Å²) in [6.07, 6.45) is -3.90. The predicted molar refractivity (Wildman–Crippen MR) is 102 cm³/mol. The normalized spacial score (nSPS) is 19.9. The fourth-order valence-electron chi connectivity index (χ4n) is 3.21. The van der Waals surface area contributed by atoms with E-state index in [4.69, 9.17) is 4.74 Å². The molecule has 1 heterocycles. The van der Waals surface area contributed by atoms with E-state index < -0.39 is 29.3 Å². The molecule has 1 atom stereocenters. The fraction of sp³-hybridized carbons (Fsp3) is 0.300. The second kappa shape index (κ2) is 6.62. The van der Waals surface area contributed by atoms with Crippen LogP contribution >= 0.6 is 15.9 Å². The molecule has 1 aliphatic carbocycles. The van der Waals surface area contributed by atoms with E-state index in [2.05, 4.69) is 20.9 Å². The highest BCUT2D eigenvalue weighted by Gasteiger charge is 2.59. The summed E-state index contributed by atoms with van der Waals surface area (Å²) >= 11 is 3.37. The zero-order valence-electron chi connectivity index (χ0n) is 14.8. The highest BCUT2D eigenvalue weighted by atomic mass is 79.9. The lowest BCUT2D eigenvalue weighted by Gasteiger charge is -2.24. The van der Waals surface area contributed by atoms with Crippen LogP contribution in [0.5, 0.6) is 0 Å². The van der Waals surface area contributed by atoms with Crippen molar-refractivity contribution in [2.75, 3.05) is 11.9 Å². The Hall–Kier alpha value is -2.35. The van der Waals surface area contributed by atoms with E-state index >= 15 is 0 Å². The largest absolute Gasteiger partial charge is 0.461 e. The molecule has 0 aromatic heterocycles. The van der Waals surface area contributed by atoms with Gasteiger partial charge in [0.2, 0.25) is 12.0 Å². The number of likely N-dealkylation sites (N-methyl/N-ethyl adjacent to an activating group) is 1. The lowest BCUT2D eigenvalue weighted by molar-refractivity contribution is -0.137. The third-order valence-corrected chi connectivity index (χ3v) is 5.54. The van der Waals surface area contributed by atoms with E-state index in [1.165, 1.54) is 24.1 Å². The van der Waals surface area contributed by atoms with E-state index in [0.717, 1.165) is 22.2 Å². The molecule has 2 aliphatic rings. The molecule has 2 aromatic carbocycles. The van der Waals surface area contributed by atoms with Crippen molar-refractivity contribution in [3.63, 3.8) is 0 Å². The van der Waals surface area contributed by atoms with Crippen molar-refractivity contribution in [3.05, 3.63) is 64.1 Å². The van der Waals surface area contributed by atoms with Crippen molar-refractivity contribution in [1.29, 1.82) is 0 Å². The number of ether oxygens (including phenoxy) is 1. The molecule has 1 saturated carbocycles. The van der Waals surface area contributed by atoms with Crippen LogP contribution in [0.2, 0.25) is 0 Å². The second-order valence-corrected chi connectivity index (χ2v) is 7.89. The van der Waals surface area contributed by atoms with Crippen LogP contribution in [0, 0.1) is 0 Å².